The summed E-state index contributed by atoms with van der Waals surface area (Å²) < 4.78 is 10.2. The van der Waals surface area contributed by atoms with E-state index in [0.717, 1.165) is 11.1 Å². The molecule has 0 aliphatic rings. The van der Waals surface area contributed by atoms with Crippen LogP contribution >= 0.6 is 11.3 Å². The SMILES string of the molecule is CCOC(=O)COc1cccc(-c2ccsc2)c1. The summed E-state index contributed by atoms with van der Waals surface area (Å²) >= 11 is 1.65. The number of carbonyl (C=O) groups excluding carboxylic acids is 1. The molecule has 0 fully saturated rings. The predicted octanol–water partition coefficient (Wildman–Crippen LogP) is 3.36. The second-order valence-corrected chi connectivity index (χ2v) is 4.41. The lowest BCUT2D eigenvalue weighted by Crippen LogP contribution is -2.14. The predicted molar refractivity (Wildman–Crippen MR) is 71.9 cm³/mol. The van der Waals surface area contributed by atoms with Gasteiger partial charge in [-0.1, -0.05) is 12.1 Å². The monoisotopic (exact) mass is 262 g/mol. The quantitative estimate of drug-likeness (QED) is 0.775. The standard InChI is InChI=1S/C14H14O3S/c1-2-16-14(15)9-17-13-5-3-4-11(8-13)12-6-7-18-10-12/h3-8,10H,2,9H2,1H3. The summed E-state index contributed by atoms with van der Waals surface area (Å²) in [4.78, 5) is 11.2. The molecule has 3 nitrogen and oxygen atoms in total. The van der Waals surface area contributed by atoms with Gasteiger partial charge >= 0.3 is 5.97 Å². The van der Waals surface area contributed by atoms with Gasteiger partial charge in [-0.2, -0.15) is 11.3 Å². The second kappa shape index (κ2) is 6.21. The van der Waals surface area contributed by atoms with Crippen LogP contribution in [0.4, 0.5) is 0 Å². The maximum absolute atomic E-state index is 11.2. The van der Waals surface area contributed by atoms with Crippen molar-refractivity contribution in [2.75, 3.05) is 13.2 Å². The molecule has 0 aliphatic carbocycles. The van der Waals surface area contributed by atoms with Crippen molar-refractivity contribution in [2.45, 2.75) is 6.92 Å². The molecule has 0 unspecified atom stereocenters. The highest BCUT2D eigenvalue weighted by atomic mass is 32.1. The zero-order valence-corrected chi connectivity index (χ0v) is 10.9. The van der Waals surface area contributed by atoms with Crippen LogP contribution in [0.25, 0.3) is 11.1 Å². The number of hydrogen-bond donors (Lipinski definition) is 0. The van der Waals surface area contributed by atoms with Crippen LogP contribution in [0, 0.1) is 0 Å². The minimum absolute atomic E-state index is 0.0546. The Hall–Kier alpha value is -1.81. The maximum atomic E-state index is 11.2. The van der Waals surface area contributed by atoms with Gasteiger partial charge in [0.2, 0.25) is 0 Å². The first-order chi connectivity index (χ1) is 8.79. The molecule has 0 amide bonds. The third kappa shape index (κ3) is 3.34. The number of carbonyl (C=O) groups is 1. The minimum atomic E-state index is -0.349. The van der Waals surface area contributed by atoms with E-state index in [0.29, 0.717) is 12.4 Å². The highest BCUT2D eigenvalue weighted by Crippen LogP contribution is 2.25. The molecule has 0 saturated heterocycles. The number of ether oxygens (including phenoxy) is 2. The van der Waals surface area contributed by atoms with Gasteiger partial charge in [0, 0.05) is 0 Å². The fraction of sp³-hybridized carbons (Fsp3) is 0.214. The van der Waals surface area contributed by atoms with Gasteiger partial charge in [-0.15, -0.1) is 0 Å². The zero-order chi connectivity index (χ0) is 12.8. The Morgan fingerprint density at radius 1 is 1.28 bits per heavy atom. The molecule has 1 aromatic carbocycles. The first kappa shape index (κ1) is 12.6. The summed E-state index contributed by atoms with van der Waals surface area (Å²) in [6, 6.07) is 9.72. The average molecular weight is 262 g/mol. The molecule has 0 bridgehead atoms. The van der Waals surface area contributed by atoms with Crippen LogP contribution in [-0.4, -0.2) is 19.2 Å². The van der Waals surface area contributed by atoms with Crippen LogP contribution < -0.4 is 4.74 Å². The van der Waals surface area contributed by atoms with Gasteiger partial charge in [-0.05, 0) is 47.0 Å². The molecular weight excluding hydrogens is 248 g/mol. The van der Waals surface area contributed by atoms with E-state index in [2.05, 4.69) is 11.4 Å². The molecular formula is C14H14O3S. The Labute approximate surface area is 110 Å². The van der Waals surface area contributed by atoms with Gasteiger partial charge in [0.25, 0.3) is 0 Å². The Morgan fingerprint density at radius 3 is 2.89 bits per heavy atom. The molecule has 1 aromatic heterocycles. The van der Waals surface area contributed by atoms with E-state index in [4.69, 9.17) is 9.47 Å². The van der Waals surface area contributed by atoms with Crippen LogP contribution in [0.15, 0.2) is 41.1 Å². The Kier molecular flexibility index (Phi) is 4.36. The number of hydrogen-bond acceptors (Lipinski definition) is 4. The van der Waals surface area contributed by atoms with Crippen LogP contribution in [0.2, 0.25) is 0 Å². The maximum Gasteiger partial charge on any atom is 0.344 e. The van der Waals surface area contributed by atoms with Crippen molar-refractivity contribution in [3.63, 3.8) is 0 Å². The summed E-state index contributed by atoms with van der Waals surface area (Å²) in [5, 5.41) is 4.10. The lowest BCUT2D eigenvalue weighted by molar-refractivity contribution is -0.145. The van der Waals surface area contributed by atoms with Gasteiger partial charge in [0.1, 0.15) is 5.75 Å². The molecule has 2 rings (SSSR count). The van der Waals surface area contributed by atoms with E-state index in [9.17, 15) is 4.79 Å². The summed E-state index contributed by atoms with van der Waals surface area (Å²) in [5.74, 6) is 0.324. The summed E-state index contributed by atoms with van der Waals surface area (Å²) in [6.07, 6.45) is 0. The Morgan fingerprint density at radius 2 is 2.17 bits per heavy atom. The molecule has 0 N–H and O–H groups in total. The summed E-state index contributed by atoms with van der Waals surface area (Å²) in [7, 11) is 0. The van der Waals surface area contributed by atoms with Crippen molar-refractivity contribution < 1.29 is 14.3 Å². The number of esters is 1. The van der Waals surface area contributed by atoms with E-state index in [1.807, 2.05) is 29.6 Å². The third-order valence-corrected chi connectivity index (χ3v) is 3.03. The van der Waals surface area contributed by atoms with E-state index in [-0.39, 0.29) is 12.6 Å². The van der Waals surface area contributed by atoms with Gasteiger partial charge < -0.3 is 9.47 Å². The zero-order valence-electron chi connectivity index (χ0n) is 10.1. The molecule has 4 heteroatoms. The molecule has 0 aliphatic heterocycles. The fourth-order valence-electron chi connectivity index (χ4n) is 1.54. The largest absolute Gasteiger partial charge is 0.482 e. The Bertz CT molecular complexity index is 506. The molecule has 0 atom stereocenters. The topological polar surface area (TPSA) is 35.5 Å². The van der Waals surface area contributed by atoms with Crippen LogP contribution in [-0.2, 0) is 9.53 Å². The third-order valence-electron chi connectivity index (χ3n) is 2.35. The first-order valence-corrected chi connectivity index (χ1v) is 6.65. The van der Waals surface area contributed by atoms with E-state index in [1.165, 1.54) is 0 Å². The first-order valence-electron chi connectivity index (χ1n) is 5.70. The highest BCUT2D eigenvalue weighted by molar-refractivity contribution is 7.08. The number of thiophene rings is 1. The van der Waals surface area contributed by atoms with E-state index >= 15 is 0 Å². The van der Waals surface area contributed by atoms with Gasteiger partial charge in [0.05, 0.1) is 6.61 Å². The lowest BCUT2D eigenvalue weighted by Gasteiger charge is -2.07. The molecule has 0 radical (unpaired) electrons. The second-order valence-electron chi connectivity index (χ2n) is 3.63. The van der Waals surface area contributed by atoms with E-state index < -0.39 is 0 Å². The molecule has 1 heterocycles. The van der Waals surface area contributed by atoms with Gasteiger partial charge in [-0.25, -0.2) is 4.79 Å². The van der Waals surface area contributed by atoms with Crippen molar-refractivity contribution in [1.82, 2.24) is 0 Å². The molecule has 0 saturated carbocycles. The highest BCUT2D eigenvalue weighted by Gasteiger charge is 2.04. The average Bonchev–Trinajstić information content (AvgIpc) is 2.91. The van der Waals surface area contributed by atoms with Crippen LogP contribution in [0.5, 0.6) is 5.75 Å². The Balaban J connectivity index is 2.02. The lowest BCUT2D eigenvalue weighted by atomic mass is 10.1. The van der Waals surface area contributed by atoms with Crippen LogP contribution in [0.3, 0.4) is 0 Å². The molecule has 18 heavy (non-hydrogen) atoms. The van der Waals surface area contributed by atoms with Crippen molar-refractivity contribution in [1.29, 1.82) is 0 Å². The fourth-order valence-corrected chi connectivity index (χ4v) is 2.20. The molecule has 2 aromatic rings. The van der Waals surface area contributed by atoms with E-state index in [1.54, 1.807) is 18.3 Å². The summed E-state index contributed by atoms with van der Waals surface area (Å²) in [6.45, 7) is 2.09. The molecule has 0 spiro atoms. The van der Waals surface area contributed by atoms with Crippen molar-refractivity contribution in [2.24, 2.45) is 0 Å². The van der Waals surface area contributed by atoms with Gasteiger partial charge in [0.15, 0.2) is 6.61 Å². The van der Waals surface area contributed by atoms with Crippen molar-refractivity contribution in [3.05, 3.63) is 41.1 Å². The van der Waals surface area contributed by atoms with Crippen LogP contribution in [0.1, 0.15) is 6.92 Å². The van der Waals surface area contributed by atoms with Crippen molar-refractivity contribution >= 4 is 17.3 Å². The minimum Gasteiger partial charge on any atom is -0.482 e. The van der Waals surface area contributed by atoms with Gasteiger partial charge in [-0.3, -0.25) is 0 Å². The normalized spacial score (nSPS) is 10.1. The molecule has 94 valence electrons. The van der Waals surface area contributed by atoms with Crippen molar-refractivity contribution in [3.8, 4) is 16.9 Å². The number of rotatable bonds is 5. The number of benzene rings is 1. The summed E-state index contributed by atoms with van der Waals surface area (Å²) in [5.41, 5.74) is 2.24. The smallest absolute Gasteiger partial charge is 0.344 e.